The second-order valence-corrected chi connectivity index (χ2v) is 24.3. The molecule has 542 valence electrons. The first-order valence-electron chi connectivity index (χ1n) is 31.7. The van der Waals surface area contributed by atoms with Gasteiger partial charge in [-0.15, -0.1) is 5.06 Å². The molecule has 0 unspecified atom stereocenters. The molecular formula is C59H98N19O19+. The van der Waals surface area contributed by atoms with Crippen molar-refractivity contribution in [2.45, 2.75) is 190 Å². The van der Waals surface area contributed by atoms with Gasteiger partial charge in [0.1, 0.15) is 54.1 Å². The van der Waals surface area contributed by atoms with Gasteiger partial charge in [0.2, 0.25) is 47.3 Å². The molecule has 0 spiro atoms. The van der Waals surface area contributed by atoms with Crippen LogP contribution in [0.4, 0.5) is 0 Å². The molecule has 0 bridgehead atoms. The third-order valence-corrected chi connectivity index (χ3v) is 16.4. The Hall–Kier alpha value is -9.69. The first-order valence-corrected chi connectivity index (χ1v) is 31.7. The van der Waals surface area contributed by atoms with Crippen LogP contribution in [0.1, 0.15) is 131 Å². The van der Waals surface area contributed by atoms with Crippen molar-refractivity contribution < 1.29 is 97.9 Å². The summed E-state index contributed by atoms with van der Waals surface area (Å²) in [6.07, 6.45) is 1.31. The maximum Gasteiger partial charge on any atom is 0.349 e. The first kappa shape index (κ1) is 81.5. The molecule has 9 amide bonds. The topological polar surface area (TPSA) is 608 Å². The van der Waals surface area contributed by atoms with E-state index in [0.29, 0.717) is 31.4 Å². The number of carbonyl (C=O) groups is 12. The number of aliphatic hydroxyl groups excluding tert-OH is 1. The second kappa shape index (κ2) is 39.4. The predicted octanol–water partition coefficient (Wildman–Crippen LogP) is -5.98. The van der Waals surface area contributed by atoms with E-state index in [9.17, 15) is 88.4 Å². The summed E-state index contributed by atoms with van der Waals surface area (Å²) in [5.74, 6) is -12.5. The van der Waals surface area contributed by atoms with Crippen LogP contribution in [0.5, 0.6) is 5.75 Å². The van der Waals surface area contributed by atoms with Gasteiger partial charge in [-0.3, -0.25) is 62.7 Å². The number of likely N-dealkylation sites (tertiary alicyclic amines) is 1. The molecule has 38 heteroatoms. The van der Waals surface area contributed by atoms with Crippen molar-refractivity contribution in [1.29, 1.82) is 0 Å². The molecule has 0 aromatic heterocycles. The van der Waals surface area contributed by atoms with Gasteiger partial charge in [0.15, 0.2) is 29.6 Å². The number of ether oxygens (including phenoxy) is 1. The molecule has 0 saturated carbocycles. The highest BCUT2D eigenvalue weighted by Crippen LogP contribution is 2.37. The minimum absolute atomic E-state index is 0.0166. The number of benzene rings is 1. The van der Waals surface area contributed by atoms with Crippen LogP contribution >= 0.6 is 0 Å². The van der Waals surface area contributed by atoms with Gasteiger partial charge in [-0.1, -0.05) is 11.2 Å². The number of aliphatic carboxylic acids is 3. The van der Waals surface area contributed by atoms with Crippen LogP contribution < -0.4 is 81.3 Å². The standard InChI is InChI=1S/C59H97N19O19/c1-32(53(90)76-27-13-18-42(76)51(89)74-39(17-12-26-67-57(63)64)48(86)70-33(2)54(91)92)69-47(85)36(14-7-9-23-60)65-24-10-8-15-38(71-44(81)31-97-35-21-19-34(20-22-35)52-77(95)58(3,4)59(5,6)78(52)96)49(87)73-37(16-11-25-66-56(61)62)46(84)68-29-43(80)72-40(28-45(82)83)50(88)75-41(30-79)55(93)94/h19-22,32-33,36-42,65,79H,7-18,23-31,60H2,1-6H3,(H20-,61,62,63,64,66,67,68,69,70,71,72,73,74,75,80,81,82,83,84,85,86,87,88,89,91,92,93,94,95,96)/p+1/t32-,33-,36-,37-,38-,39-,40-,41-,42-/m0/s1. The quantitative estimate of drug-likeness (QED) is 0.00952. The number of unbranched alkanes of at least 4 members (excludes halogenated alkanes) is 2. The van der Waals surface area contributed by atoms with E-state index in [4.69, 9.17) is 33.4 Å². The summed E-state index contributed by atoms with van der Waals surface area (Å²) in [5, 5.41) is 82.8. The summed E-state index contributed by atoms with van der Waals surface area (Å²) in [6, 6.07) is -6.16. The van der Waals surface area contributed by atoms with Crippen molar-refractivity contribution in [1.82, 2.24) is 57.8 Å². The molecule has 3 rings (SSSR count). The zero-order chi connectivity index (χ0) is 72.9. The summed E-state index contributed by atoms with van der Waals surface area (Å²) in [7, 11) is 0. The number of nitrogens with zero attached hydrogens (tertiary/aromatic N) is 5. The summed E-state index contributed by atoms with van der Waals surface area (Å²) in [4.78, 5) is 166. The Balaban J connectivity index is 1.84. The Morgan fingerprint density at radius 1 is 0.639 bits per heavy atom. The van der Waals surface area contributed by atoms with Crippen LogP contribution in [0.15, 0.2) is 34.3 Å². The van der Waals surface area contributed by atoms with E-state index in [2.05, 4.69) is 52.5 Å². The lowest BCUT2D eigenvalue weighted by molar-refractivity contribution is -0.820. The summed E-state index contributed by atoms with van der Waals surface area (Å²) < 4.78 is 6.71. The van der Waals surface area contributed by atoms with Gasteiger partial charge in [0.05, 0.1) is 31.2 Å². The fraction of sp³-hybridized carbons (Fsp3) is 0.644. The van der Waals surface area contributed by atoms with Crippen LogP contribution in [-0.2, 0) is 57.5 Å². The molecule has 97 heavy (non-hydrogen) atoms. The number of aliphatic hydroxyl groups is 1. The van der Waals surface area contributed by atoms with E-state index in [1.54, 1.807) is 27.7 Å². The minimum atomic E-state index is -1.87. The van der Waals surface area contributed by atoms with Crippen LogP contribution in [-0.4, -0.2) is 252 Å². The average molecular weight is 1380 g/mol. The molecule has 1 aromatic carbocycles. The van der Waals surface area contributed by atoms with E-state index in [-0.39, 0.29) is 107 Å². The molecule has 1 saturated heterocycles. The maximum absolute atomic E-state index is 14.4. The average Bonchev–Trinajstić information content (AvgIpc) is 1.58. The number of carbonyl (C=O) groups excluding carboxylic acids is 9. The molecule has 1 aromatic rings. The SMILES string of the molecule is C[C@H](NC(=O)[C@H](CCCN=C(N)N)NC(=O)[C@@H]1CCCN1C(=O)[C@H](C)NC(=O)[C@H](CCCCN)NCCCC[C@H](NC(=O)COc1ccc(C2=[N+](O)C(C)(C)C(C)(C)N2O)cc1)C(=O)N[C@@H](CCCN=C(N)N)C(=O)NCC(=O)N[C@@H](CC(=O)O)C(=O)N[C@@H](CO)C(=O)O)C(=O)O. The molecule has 2 aliphatic rings. The summed E-state index contributed by atoms with van der Waals surface area (Å²) in [5.41, 5.74) is 26.2. The monoisotopic (exact) mass is 1380 g/mol. The number of guanidine groups is 2. The van der Waals surface area contributed by atoms with Crippen LogP contribution in [0.2, 0.25) is 0 Å². The number of hydroxylamine groups is 3. The van der Waals surface area contributed by atoms with Crippen molar-refractivity contribution in [2.24, 2.45) is 38.7 Å². The second-order valence-electron chi connectivity index (χ2n) is 24.3. The number of nitrogens with one attached hydrogen (secondary N) is 9. The number of amides is 9. The van der Waals surface area contributed by atoms with Gasteiger partial charge in [-0.25, -0.2) is 10.0 Å². The Morgan fingerprint density at radius 2 is 1.15 bits per heavy atom. The summed E-state index contributed by atoms with van der Waals surface area (Å²) in [6.45, 7) is 7.67. The number of amidine groups is 1. The summed E-state index contributed by atoms with van der Waals surface area (Å²) >= 11 is 0. The zero-order valence-electron chi connectivity index (χ0n) is 55.5. The number of carboxylic acid groups (broad SMARTS) is 3. The zero-order valence-corrected chi connectivity index (χ0v) is 55.5. The van der Waals surface area contributed by atoms with E-state index in [0.717, 1.165) is 9.80 Å². The smallest absolute Gasteiger partial charge is 0.349 e. The number of aliphatic imine (C=N–C) groups is 2. The molecule has 25 N–H and O–H groups in total. The fourth-order valence-electron chi connectivity index (χ4n) is 10.1. The van der Waals surface area contributed by atoms with Gasteiger partial charge >= 0.3 is 23.7 Å². The Labute approximate surface area is 560 Å². The van der Waals surface area contributed by atoms with Crippen LogP contribution in [0.3, 0.4) is 0 Å². The Morgan fingerprint density at radius 3 is 1.70 bits per heavy atom. The molecule has 0 aliphatic carbocycles. The Bertz CT molecular complexity index is 3010. The van der Waals surface area contributed by atoms with Crippen molar-refractivity contribution in [3.63, 3.8) is 0 Å². The Kier molecular flexibility index (Phi) is 33.1. The maximum atomic E-state index is 14.4. The fourth-order valence-corrected chi connectivity index (χ4v) is 10.1. The highest BCUT2D eigenvalue weighted by atomic mass is 16.5. The largest absolute Gasteiger partial charge is 0.484 e. The first-order chi connectivity index (χ1) is 45.6. The predicted molar refractivity (Wildman–Crippen MR) is 345 cm³/mol. The van der Waals surface area contributed by atoms with Gasteiger partial charge in [-0.05, 0) is 150 Å². The van der Waals surface area contributed by atoms with E-state index < -0.39 is 163 Å². The normalized spacial score (nSPS) is 17.0. The lowest BCUT2D eigenvalue weighted by atomic mass is 9.84. The van der Waals surface area contributed by atoms with E-state index >= 15 is 0 Å². The number of nitrogens with two attached hydrogens (primary N) is 5. The highest BCUT2D eigenvalue weighted by Gasteiger charge is 2.62. The van der Waals surface area contributed by atoms with Gasteiger partial charge < -0.3 is 112 Å². The van der Waals surface area contributed by atoms with E-state index in [1.165, 1.54) is 43.0 Å². The molecule has 0 radical (unpaired) electrons. The van der Waals surface area contributed by atoms with Crippen molar-refractivity contribution in [3.8, 4) is 5.75 Å². The number of hydrogen-bond donors (Lipinski definition) is 20. The van der Waals surface area contributed by atoms with Crippen molar-refractivity contribution in [3.05, 3.63) is 29.8 Å². The van der Waals surface area contributed by atoms with Crippen LogP contribution in [0, 0.1) is 0 Å². The van der Waals surface area contributed by atoms with Gasteiger partial charge in [0, 0.05) is 19.6 Å². The third kappa shape index (κ3) is 25.8. The number of rotatable bonds is 43. The van der Waals surface area contributed by atoms with Crippen molar-refractivity contribution in [2.75, 3.05) is 52.5 Å². The van der Waals surface area contributed by atoms with E-state index in [1.807, 2.05) is 5.32 Å². The number of hydrogen-bond acceptors (Lipinski definition) is 21. The minimum Gasteiger partial charge on any atom is -0.484 e. The lowest BCUT2D eigenvalue weighted by Gasteiger charge is -2.29. The number of carboxylic acids is 3. The highest BCUT2D eigenvalue weighted by molar-refractivity contribution is 5.98. The lowest BCUT2D eigenvalue weighted by Crippen LogP contribution is -2.57. The molecule has 1 fully saturated rings. The third-order valence-electron chi connectivity index (χ3n) is 16.4. The molecule has 2 heterocycles. The molecule has 9 atom stereocenters. The molecule has 2 aliphatic heterocycles. The molecular weight excluding hydrogens is 1280 g/mol. The molecule has 38 nitrogen and oxygen atoms in total. The van der Waals surface area contributed by atoms with Crippen LogP contribution in [0.25, 0.3) is 0 Å². The van der Waals surface area contributed by atoms with Crippen molar-refractivity contribution >= 4 is 88.8 Å². The van der Waals surface area contributed by atoms with Gasteiger partial charge in [0.25, 0.3) is 5.91 Å². The van der Waals surface area contributed by atoms with Gasteiger partial charge in [-0.2, -0.15) is 0 Å².